The molecule has 1 aromatic rings. The fraction of sp³-hybridized carbons (Fsp3) is 0.538. The molecule has 0 amide bonds. The highest BCUT2D eigenvalue weighted by molar-refractivity contribution is 5.36. The predicted octanol–water partition coefficient (Wildman–Crippen LogP) is 2.80. The van der Waals surface area contributed by atoms with Gasteiger partial charge in [0.05, 0.1) is 0 Å². The summed E-state index contributed by atoms with van der Waals surface area (Å²) in [7, 11) is 1.95. The monoisotopic (exact) mass is 207 g/mol. The highest BCUT2D eigenvalue weighted by atomic mass is 19.1. The summed E-state index contributed by atoms with van der Waals surface area (Å²) in [6.45, 7) is 0.994. The summed E-state index contributed by atoms with van der Waals surface area (Å²) >= 11 is 0. The van der Waals surface area contributed by atoms with Crippen LogP contribution in [0.5, 0.6) is 0 Å². The van der Waals surface area contributed by atoms with Gasteiger partial charge in [0.15, 0.2) is 0 Å². The van der Waals surface area contributed by atoms with E-state index in [0.29, 0.717) is 12.8 Å². The van der Waals surface area contributed by atoms with E-state index in [-0.39, 0.29) is 0 Å². The van der Waals surface area contributed by atoms with Crippen molar-refractivity contribution in [1.29, 1.82) is 0 Å². The lowest BCUT2D eigenvalue weighted by molar-refractivity contribution is 0.315. The van der Waals surface area contributed by atoms with Crippen LogP contribution in [0.1, 0.15) is 30.4 Å². The third-order valence-corrected chi connectivity index (χ3v) is 3.06. The second-order valence-corrected chi connectivity index (χ2v) is 4.33. The molecule has 1 fully saturated rings. The van der Waals surface area contributed by atoms with Crippen molar-refractivity contribution in [3.63, 3.8) is 0 Å². The molecule has 82 valence electrons. The molecule has 15 heavy (non-hydrogen) atoms. The van der Waals surface area contributed by atoms with Gasteiger partial charge in [-0.05, 0) is 50.4 Å². The highest BCUT2D eigenvalue weighted by Gasteiger charge is 2.45. The second-order valence-electron chi connectivity index (χ2n) is 4.33. The Balaban J connectivity index is 2.08. The SMILES string of the molecule is CNCCCc1ccccc1C1(F)CC1. The van der Waals surface area contributed by atoms with Crippen molar-refractivity contribution in [3.8, 4) is 0 Å². The molecular formula is C13H18FN. The predicted molar refractivity (Wildman–Crippen MR) is 60.7 cm³/mol. The van der Waals surface area contributed by atoms with Crippen molar-refractivity contribution in [2.75, 3.05) is 13.6 Å². The molecule has 1 saturated carbocycles. The minimum atomic E-state index is -0.990. The van der Waals surface area contributed by atoms with Crippen LogP contribution in [-0.2, 0) is 12.1 Å². The zero-order valence-corrected chi connectivity index (χ0v) is 9.22. The summed E-state index contributed by atoms with van der Waals surface area (Å²) in [4.78, 5) is 0. The number of rotatable bonds is 5. The van der Waals surface area contributed by atoms with E-state index in [9.17, 15) is 4.39 Å². The largest absolute Gasteiger partial charge is 0.320 e. The molecule has 0 heterocycles. The lowest BCUT2D eigenvalue weighted by Gasteiger charge is -2.12. The standard InChI is InChI=1S/C13H18FN/c1-15-10-4-6-11-5-2-3-7-12(11)13(14)8-9-13/h2-3,5,7,15H,4,6,8-10H2,1H3. The number of alkyl halides is 1. The van der Waals surface area contributed by atoms with Crippen molar-refractivity contribution < 1.29 is 4.39 Å². The van der Waals surface area contributed by atoms with Gasteiger partial charge in [-0.3, -0.25) is 0 Å². The Morgan fingerprint density at radius 2 is 2.07 bits per heavy atom. The Morgan fingerprint density at radius 1 is 1.33 bits per heavy atom. The van der Waals surface area contributed by atoms with Crippen molar-refractivity contribution >= 4 is 0 Å². The molecule has 2 rings (SSSR count). The first-order chi connectivity index (χ1) is 7.26. The first-order valence-electron chi connectivity index (χ1n) is 5.68. The molecule has 0 radical (unpaired) electrons. The molecular weight excluding hydrogens is 189 g/mol. The van der Waals surface area contributed by atoms with Gasteiger partial charge in [-0.2, -0.15) is 0 Å². The topological polar surface area (TPSA) is 12.0 Å². The molecule has 1 nitrogen and oxygen atoms in total. The number of halogens is 1. The zero-order chi connectivity index (χ0) is 10.7. The number of hydrogen-bond donors (Lipinski definition) is 1. The number of benzene rings is 1. The van der Waals surface area contributed by atoms with Gasteiger partial charge in [0.25, 0.3) is 0 Å². The third-order valence-electron chi connectivity index (χ3n) is 3.06. The van der Waals surface area contributed by atoms with Gasteiger partial charge in [-0.25, -0.2) is 4.39 Å². The Labute approximate surface area is 90.7 Å². The van der Waals surface area contributed by atoms with E-state index in [2.05, 4.69) is 11.4 Å². The maximum absolute atomic E-state index is 14.0. The van der Waals surface area contributed by atoms with Crippen LogP contribution in [0.2, 0.25) is 0 Å². The minimum Gasteiger partial charge on any atom is -0.320 e. The molecule has 1 N–H and O–H groups in total. The normalized spacial score (nSPS) is 17.7. The van der Waals surface area contributed by atoms with Crippen LogP contribution in [-0.4, -0.2) is 13.6 Å². The zero-order valence-electron chi connectivity index (χ0n) is 9.22. The smallest absolute Gasteiger partial charge is 0.136 e. The van der Waals surface area contributed by atoms with Gasteiger partial charge >= 0.3 is 0 Å². The van der Waals surface area contributed by atoms with Crippen molar-refractivity contribution in [3.05, 3.63) is 35.4 Å². The fourth-order valence-electron chi connectivity index (χ4n) is 2.01. The van der Waals surface area contributed by atoms with Gasteiger partial charge in [0, 0.05) is 0 Å². The molecule has 0 spiro atoms. The molecule has 2 heteroatoms. The van der Waals surface area contributed by atoms with E-state index < -0.39 is 5.67 Å². The van der Waals surface area contributed by atoms with Crippen LogP contribution >= 0.6 is 0 Å². The fourth-order valence-corrected chi connectivity index (χ4v) is 2.01. The summed E-state index contributed by atoms with van der Waals surface area (Å²) in [5.74, 6) is 0. The quantitative estimate of drug-likeness (QED) is 0.732. The van der Waals surface area contributed by atoms with E-state index in [4.69, 9.17) is 0 Å². The van der Waals surface area contributed by atoms with Crippen LogP contribution < -0.4 is 5.32 Å². The van der Waals surface area contributed by atoms with E-state index in [1.54, 1.807) is 0 Å². The molecule has 0 atom stereocenters. The number of nitrogens with one attached hydrogen (secondary N) is 1. The Kier molecular flexibility index (Phi) is 3.06. The van der Waals surface area contributed by atoms with Crippen molar-refractivity contribution in [2.45, 2.75) is 31.4 Å². The van der Waals surface area contributed by atoms with Gasteiger partial charge in [0.1, 0.15) is 5.67 Å². The van der Waals surface area contributed by atoms with E-state index in [1.807, 2.05) is 25.2 Å². The maximum Gasteiger partial charge on any atom is 0.136 e. The first-order valence-corrected chi connectivity index (χ1v) is 5.68. The average Bonchev–Trinajstić information content (AvgIpc) is 2.99. The van der Waals surface area contributed by atoms with Gasteiger partial charge in [0.2, 0.25) is 0 Å². The van der Waals surface area contributed by atoms with Crippen molar-refractivity contribution in [2.24, 2.45) is 0 Å². The molecule has 0 aromatic heterocycles. The van der Waals surface area contributed by atoms with Crippen molar-refractivity contribution in [1.82, 2.24) is 5.32 Å². The van der Waals surface area contributed by atoms with Crippen LogP contribution in [0, 0.1) is 0 Å². The first kappa shape index (κ1) is 10.6. The molecule has 0 bridgehead atoms. The third kappa shape index (κ3) is 2.37. The summed E-state index contributed by atoms with van der Waals surface area (Å²) in [6, 6.07) is 7.95. The highest BCUT2D eigenvalue weighted by Crippen LogP contribution is 2.50. The summed E-state index contributed by atoms with van der Waals surface area (Å²) < 4.78 is 14.0. The Bertz CT molecular complexity index is 331. The van der Waals surface area contributed by atoms with E-state index >= 15 is 0 Å². The lowest BCUT2D eigenvalue weighted by Crippen LogP contribution is -2.10. The lowest BCUT2D eigenvalue weighted by atomic mass is 9.98. The molecule has 1 aliphatic carbocycles. The number of hydrogen-bond acceptors (Lipinski definition) is 1. The van der Waals surface area contributed by atoms with Gasteiger partial charge < -0.3 is 5.32 Å². The minimum absolute atomic E-state index is 0.704. The molecule has 0 saturated heterocycles. The number of aryl methyl sites for hydroxylation is 1. The molecule has 0 unspecified atom stereocenters. The van der Waals surface area contributed by atoms with Crippen LogP contribution in [0.25, 0.3) is 0 Å². The van der Waals surface area contributed by atoms with E-state index in [1.165, 1.54) is 5.56 Å². The second kappa shape index (κ2) is 4.31. The summed E-state index contributed by atoms with van der Waals surface area (Å²) in [5, 5.41) is 3.12. The molecule has 1 aliphatic rings. The van der Waals surface area contributed by atoms with Crippen LogP contribution in [0.3, 0.4) is 0 Å². The maximum atomic E-state index is 14.0. The van der Waals surface area contributed by atoms with Crippen LogP contribution in [0.15, 0.2) is 24.3 Å². The van der Waals surface area contributed by atoms with Gasteiger partial charge in [-0.1, -0.05) is 24.3 Å². The summed E-state index contributed by atoms with van der Waals surface area (Å²) in [5.41, 5.74) is 1.13. The Hall–Kier alpha value is -0.890. The van der Waals surface area contributed by atoms with Crippen LogP contribution in [0.4, 0.5) is 4.39 Å². The molecule has 0 aliphatic heterocycles. The van der Waals surface area contributed by atoms with Gasteiger partial charge in [-0.15, -0.1) is 0 Å². The average molecular weight is 207 g/mol. The molecule has 1 aromatic carbocycles. The Morgan fingerprint density at radius 3 is 2.73 bits per heavy atom. The van der Waals surface area contributed by atoms with E-state index in [0.717, 1.165) is 24.9 Å². The summed E-state index contributed by atoms with van der Waals surface area (Å²) in [6.07, 6.45) is 3.46.